The Hall–Kier alpha value is -2.33. The highest BCUT2D eigenvalue weighted by atomic mass is 35.5. The summed E-state index contributed by atoms with van der Waals surface area (Å²) in [6.45, 7) is 2.23. The van der Waals surface area contributed by atoms with Gasteiger partial charge in [0.15, 0.2) is 0 Å². The van der Waals surface area contributed by atoms with E-state index in [0.29, 0.717) is 34.3 Å². The molecule has 5 heteroatoms. The predicted molar refractivity (Wildman–Crippen MR) is 98.1 cm³/mol. The van der Waals surface area contributed by atoms with E-state index in [0.717, 1.165) is 24.0 Å². The van der Waals surface area contributed by atoms with E-state index < -0.39 is 0 Å². The number of carbonyl (C=O) groups is 1. The number of halogens is 1. The van der Waals surface area contributed by atoms with Crippen molar-refractivity contribution in [1.82, 2.24) is 5.32 Å². The van der Waals surface area contributed by atoms with Gasteiger partial charge in [-0.25, -0.2) is 0 Å². The number of nitrogen functional groups attached to an aromatic ring is 1. The van der Waals surface area contributed by atoms with Crippen LogP contribution < -0.4 is 11.1 Å². The van der Waals surface area contributed by atoms with Gasteiger partial charge in [-0.2, -0.15) is 0 Å². The molecule has 0 atom stereocenters. The average molecular weight is 342 g/mol. The zero-order valence-corrected chi connectivity index (χ0v) is 14.3. The predicted octanol–water partition coefficient (Wildman–Crippen LogP) is 4.04. The number of nitrogens with one attached hydrogen (secondary N) is 2. The molecule has 0 spiro atoms. The molecule has 124 valence electrons. The van der Waals surface area contributed by atoms with E-state index >= 15 is 0 Å². The molecule has 1 fully saturated rings. The molecule has 1 aliphatic carbocycles. The summed E-state index contributed by atoms with van der Waals surface area (Å²) in [6, 6.07) is 9.08. The second-order valence-corrected chi connectivity index (χ2v) is 6.61. The van der Waals surface area contributed by atoms with Crippen LogP contribution in [-0.2, 0) is 6.54 Å². The first-order valence-electron chi connectivity index (χ1n) is 7.97. The minimum Gasteiger partial charge on any atom is -0.398 e. The Labute approximate surface area is 146 Å². The Bertz CT molecular complexity index is 812. The zero-order valence-electron chi connectivity index (χ0n) is 13.5. The van der Waals surface area contributed by atoms with Crippen molar-refractivity contribution in [2.45, 2.75) is 32.2 Å². The Morgan fingerprint density at radius 1 is 1.38 bits per heavy atom. The fraction of sp³-hybridized carbons (Fsp3) is 0.263. The van der Waals surface area contributed by atoms with Gasteiger partial charge >= 0.3 is 0 Å². The normalized spacial score (nSPS) is 13.6. The van der Waals surface area contributed by atoms with Crippen molar-refractivity contribution in [2.24, 2.45) is 0 Å². The fourth-order valence-electron chi connectivity index (χ4n) is 2.90. The van der Waals surface area contributed by atoms with Gasteiger partial charge in [-0.1, -0.05) is 17.7 Å². The lowest BCUT2D eigenvalue weighted by Crippen LogP contribution is -2.24. The van der Waals surface area contributed by atoms with Crippen molar-refractivity contribution in [2.75, 3.05) is 5.73 Å². The average Bonchev–Trinajstić information content (AvgIpc) is 3.40. The molecule has 1 saturated carbocycles. The standard InChI is InChI=1S/C19H20ClN3O/c1-11-8-13(4-6-17(11)20)19(24)23-10-16-14(12-2-3-12)5-7-18(22)15(16)9-21/h4-9,12,21H,2-3,10,22H2,1H3,(H,23,24). The number of hydrogen-bond donors (Lipinski definition) is 3. The molecular weight excluding hydrogens is 322 g/mol. The molecule has 0 unspecified atom stereocenters. The second kappa shape index (κ2) is 6.65. The summed E-state index contributed by atoms with van der Waals surface area (Å²) in [5, 5.41) is 11.2. The van der Waals surface area contributed by atoms with Crippen LogP contribution >= 0.6 is 11.6 Å². The van der Waals surface area contributed by atoms with Crippen LogP contribution in [0.3, 0.4) is 0 Å². The second-order valence-electron chi connectivity index (χ2n) is 6.20. The topological polar surface area (TPSA) is 79.0 Å². The van der Waals surface area contributed by atoms with Crippen molar-refractivity contribution in [3.63, 3.8) is 0 Å². The molecule has 2 aromatic rings. The van der Waals surface area contributed by atoms with Crippen molar-refractivity contribution in [3.8, 4) is 0 Å². The molecule has 0 aromatic heterocycles. The van der Waals surface area contributed by atoms with Gasteiger partial charge in [0.1, 0.15) is 0 Å². The van der Waals surface area contributed by atoms with Gasteiger partial charge in [-0.15, -0.1) is 0 Å². The minimum absolute atomic E-state index is 0.158. The highest BCUT2D eigenvalue weighted by Gasteiger charge is 2.27. The van der Waals surface area contributed by atoms with E-state index in [9.17, 15) is 4.79 Å². The third kappa shape index (κ3) is 3.29. The largest absolute Gasteiger partial charge is 0.398 e. The molecule has 0 bridgehead atoms. The van der Waals surface area contributed by atoms with Gasteiger partial charge in [0.2, 0.25) is 0 Å². The van der Waals surface area contributed by atoms with Gasteiger partial charge in [-0.05, 0) is 66.6 Å². The van der Waals surface area contributed by atoms with Crippen LogP contribution in [0.1, 0.15) is 51.4 Å². The fourth-order valence-corrected chi connectivity index (χ4v) is 3.02. The third-order valence-corrected chi connectivity index (χ3v) is 4.86. The van der Waals surface area contributed by atoms with E-state index in [-0.39, 0.29) is 5.91 Å². The minimum atomic E-state index is -0.158. The number of nitrogens with two attached hydrogens (primary N) is 1. The van der Waals surface area contributed by atoms with Crippen LogP contribution in [0.4, 0.5) is 5.69 Å². The molecule has 3 rings (SSSR count). The summed E-state index contributed by atoms with van der Waals surface area (Å²) >= 11 is 6.01. The number of carbonyl (C=O) groups excluding carboxylic acids is 1. The maximum absolute atomic E-state index is 12.4. The van der Waals surface area contributed by atoms with Crippen molar-refractivity contribution >= 4 is 29.4 Å². The molecule has 2 aromatic carbocycles. The molecule has 0 heterocycles. The molecule has 0 radical (unpaired) electrons. The molecule has 1 amide bonds. The van der Waals surface area contributed by atoms with Crippen LogP contribution in [0.15, 0.2) is 30.3 Å². The molecule has 0 aliphatic heterocycles. The lowest BCUT2D eigenvalue weighted by atomic mass is 9.96. The Kier molecular flexibility index (Phi) is 4.58. The number of benzene rings is 2. The van der Waals surface area contributed by atoms with Crippen LogP contribution in [-0.4, -0.2) is 12.1 Å². The zero-order chi connectivity index (χ0) is 17.3. The van der Waals surface area contributed by atoms with Crippen molar-refractivity contribution in [1.29, 1.82) is 5.41 Å². The van der Waals surface area contributed by atoms with Crippen LogP contribution in [0.5, 0.6) is 0 Å². The summed E-state index contributed by atoms with van der Waals surface area (Å²) in [4.78, 5) is 12.4. The third-order valence-electron chi connectivity index (χ3n) is 4.43. The summed E-state index contributed by atoms with van der Waals surface area (Å²) in [6.07, 6.45) is 3.58. The molecule has 0 saturated heterocycles. The Balaban J connectivity index is 1.83. The first-order valence-corrected chi connectivity index (χ1v) is 8.35. The number of aryl methyl sites for hydroxylation is 1. The molecule has 4 nitrogen and oxygen atoms in total. The van der Waals surface area contributed by atoms with E-state index in [1.54, 1.807) is 18.2 Å². The van der Waals surface area contributed by atoms with Crippen LogP contribution in [0, 0.1) is 12.3 Å². The van der Waals surface area contributed by atoms with Gasteiger partial charge in [0.25, 0.3) is 5.91 Å². The smallest absolute Gasteiger partial charge is 0.251 e. The first-order chi connectivity index (χ1) is 11.5. The highest BCUT2D eigenvalue weighted by molar-refractivity contribution is 6.31. The Morgan fingerprint density at radius 2 is 2.12 bits per heavy atom. The lowest BCUT2D eigenvalue weighted by molar-refractivity contribution is 0.0950. The van der Waals surface area contributed by atoms with E-state index in [1.807, 2.05) is 19.1 Å². The van der Waals surface area contributed by atoms with Crippen molar-refractivity contribution < 1.29 is 4.79 Å². The monoisotopic (exact) mass is 341 g/mol. The molecule has 1 aliphatic rings. The maximum Gasteiger partial charge on any atom is 0.251 e. The number of amides is 1. The summed E-state index contributed by atoms with van der Waals surface area (Å²) in [5.41, 5.74) is 10.9. The van der Waals surface area contributed by atoms with E-state index in [1.165, 1.54) is 11.8 Å². The summed E-state index contributed by atoms with van der Waals surface area (Å²) < 4.78 is 0. The molecular formula is C19H20ClN3O. The quantitative estimate of drug-likeness (QED) is 0.567. The number of anilines is 1. The Morgan fingerprint density at radius 3 is 2.75 bits per heavy atom. The lowest BCUT2D eigenvalue weighted by Gasteiger charge is -2.15. The van der Waals surface area contributed by atoms with E-state index in [2.05, 4.69) is 5.32 Å². The first kappa shape index (κ1) is 16.5. The highest BCUT2D eigenvalue weighted by Crippen LogP contribution is 2.43. The number of hydrogen-bond acceptors (Lipinski definition) is 3. The van der Waals surface area contributed by atoms with Crippen molar-refractivity contribution in [3.05, 3.63) is 63.2 Å². The van der Waals surface area contributed by atoms with Crippen LogP contribution in [0.2, 0.25) is 5.02 Å². The molecule has 24 heavy (non-hydrogen) atoms. The van der Waals surface area contributed by atoms with Crippen LogP contribution in [0.25, 0.3) is 0 Å². The molecule has 4 N–H and O–H groups in total. The number of rotatable bonds is 5. The SMILES string of the molecule is Cc1cc(C(=O)NCc2c(C3CC3)ccc(N)c2C=N)ccc1Cl. The maximum atomic E-state index is 12.4. The van der Waals surface area contributed by atoms with Gasteiger partial charge in [0.05, 0.1) is 0 Å². The van der Waals surface area contributed by atoms with Gasteiger partial charge < -0.3 is 16.5 Å². The summed E-state index contributed by atoms with van der Waals surface area (Å²) in [7, 11) is 0. The van der Waals surface area contributed by atoms with Gasteiger partial charge in [-0.3, -0.25) is 4.79 Å². The van der Waals surface area contributed by atoms with E-state index in [4.69, 9.17) is 22.7 Å². The summed E-state index contributed by atoms with van der Waals surface area (Å²) in [5.74, 6) is 0.365. The van der Waals surface area contributed by atoms with Gasteiger partial charge in [0, 0.05) is 34.6 Å².